The number of carbonyl (C=O) groups excluding carboxylic acids is 1. The average molecular weight is 293 g/mol. The van der Waals surface area contributed by atoms with E-state index >= 15 is 0 Å². The average Bonchev–Trinajstić information content (AvgIpc) is 2.51. The molecular weight excluding hydrogens is 266 g/mol. The van der Waals surface area contributed by atoms with Gasteiger partial charge >= 0.3 is 0 Å². The van der Waals surface area contributed by atoms with Crippen molar-refractivity contribution in [1.82, 2.24) is 4.90 Å². The summed E-state index contributed by atoms with van der Waals surface area (Å²) in [6, 6.07) is 7.72. The number of nitrogens with zero attached hydrogens (tertiary/aromatic N) is 1. The van der Waals surface area contributed by atoms with E-state index in [0.717, 1.165) is 24.3 Å². The van der Waals surface area contributed by atoms with Gasteiger partial charge in [-0.3, -0.25) is 9.69 Å². The molecule has 0 saturated heterocycles. The van der Waals surface area contributed by atoms with Crippen molar-refractivity contribution in [2.24, 2.45) is 0 Å². The predicted octanol–water partition coefficient (Wildman–Crippen LogP) is 3.01. The summed E-state index contributed by atoms with van der Waals surface area (Å²) in [5.74, 6) is 0.932. The van der Waals surface area contributed by atoms with Gasteiger partial charge in [0.1, 0.15) is 5.75 Å². The Labute approximate surface area is 128 Å². The molecule has 1 atom stereocenters. The summed E-state index contributed by atoms with van der Waals surface area (Å²) < 4.78 is 10.5. The van der Waals surface area contributed by atoms with Gasteiger partial charge in [-0.05, 0) is 44.5 Å². The largest absolute Gasteiger partial charge is 0.494 e. The fourth-order valence-electron chi connectivity index (χ4n) is 2.10. The third kappa shape index (κ3) is 5.86. The van der Waals surface area contributed by atoms with E-state index in [4.69, 9.17) is 9.47 Å². The molecule has 4 heteroatoms. The Kier molecular flexibility index (Phi) is 8.01. The van der Waals surface area contributed by atoms with E-state index in [9.17, 15) is 4.79 Å². The molecule has 1 aromatic rings. The quantitative estimate of drug-likeness (QED) is 0.622. The van der Waals surface area contributed by atoms with Gasteiger partial charge in [0.2, 0.25) is 0 Å². The molecule has 0 aliphatic heterocycles. The van der Waals surface area contributed by atoms with Gasteiger partial charge in [-0.15, -0.1) is 0 Å². The lowest BCUT2D eigenvalue weighted by Gasteiger charge is -2.27. The summed E-state index contributed by atoms with van der Waals surface area (Å²) in [4.78, 5) is 14.6. The monoisotopic (exact) mass is 293 g/mol. The van der Waals surface area contributed by atoms with Gasteiger partial charge in [-0.25, -0.2) is 0 Å². The first-order valence-corrected chi connectivity index (χ1v) is 7.61. The minimum atomic E-state index is 0.134. The molecule has 1 unspecified atom stereocenters. The van der Waals surface area contributed by atoms with E-state index in [1.165, 1.54) is 0 Å². The molecule has 0 saturated carbocycles. The maximum atomic E-state index is 12.4. The van der Waals surface area contributed by atoms with Crippen LogP contribution < -0.4 is 4.74 Å². The molecule has 0 amide bonds. The zero-order valence-electron chi connectivity index (χ0n) is 13.6. The highest BCUT2D eigenvalue weighted by Gasteiger charge is 2.16. The molecule has 0 heterocycles. The Hall–Kier alpha value is -1.39. The summed E-state index contributed by atoms with van der Waals surface area (Å²) in [7, 11) is 1.68. The van der Waals surface area contributed by atoms with Crippen LogP contribution in [0.2, 0.25) is 0 Å². The highest BCUT2D eigenvalue weighted by atomic mass is 16.5. The summed E-state index contributed by atoms with van der Waals surface area (Å²) in [5.41, 5.74) is 0.726. The van der Waals surface area contributed by atoms with Crippen molar-refractivity contribution >= 4 is 5.78 Å². The normalized spacial score (nSPS) is 12.4. The van der Waals surface area contributed by atoms with Gasteiger partial charge in [0, 0.05) is 25.3 Å². The lowest BCUT2D eigenvalue weighted by atomic mass is 10.1. The van der Waals surface area contributed by atoms with Crippen molar-refractivity contribution < 1.29 is 14.3 Å². The molecule has 0 N–H and O–H groups in total. The van der Waals surface area contributed by atoms with Gasteiger partial charge in [0.15, 0.2) is 5.78 Å². The highest BCUT2D eigenvalue weighted by Crippen LogP contribution is 2.13. The number of rotatable bonds is 10. The molecule has 4 nitrogen and oxygen atoms in total. The van der Waals surface area contributed by atoms with Gasteiger partial charge < -0.3 is 9.47 Å². The van der Waals surface area contributed by atoms with Crippen molar-refractivity contribution in [1.29, 1.82) is 0 Å². The van der Waals surface area contributed by atoms with E-state index in [-0.39, 0.29) is 5.78 Å². The van der Waals surface area contributed by atoms with Gasteiger partial charge in [-0.2, -0.15) is 0 Å². The maximum Gasteiger partial charge on any atom is 0.176 e. The number of ketones is 1. The number of ether oxygens (including phenoxy) is 2. The Morgan fingerprint density at radius 3 is 2.43 bits per heavy atom. The third-order valence-corrected chi connectivity index (χ3v) is 3.63. The SMILES string of the molecule is CCOc1ccc(C(=O)CN(CCOC)C(C)CC)cc1. The van der Waals surface area contributed by atoms with E-state index in [0.29, 0.717) is 25.8 Å². The predicted molar refractivity (Wildman–Crippen MR) is 85.1 cm³/mol. The van der Waals surface area contributed by atoms with Crippen LogP contribution in [-0.2, 0) is 4.74 Å². The fourth-order valence-corrected chi connectivity index (χ4v) is 2.10. The van der Waals surface area contributed by atoms with Crippen LogP contribution >= 0.6 is 0 Å². The zero-order valence-corrected chi connectivity index (χ0v) is 13.6. The molecule has 118 valence electrons. The molecule has 0 bridgehead atoms. The van der Waals surface area contributed by atoms with Crippen LogP contribution in [0.15, 0.2) is 24.3 Å². The molecule has 0 aromatic heterocycles. The van der Waals surface area contributed by atoms with Crippen LogP contribution in [0, 0.1) is 0 Å². The highest BCUT2D eigenvalue weighted by molar-refractivity contribution is 5.97. The molecule has 1 aromatic carbocycles. The molecule has 21 heavy (non-hydrogen) atoms. The lowest BCUT2D eigenvalue weighted by Crippen LogP contribution is -2.39. The minimum Gasteiger partial charge on any atom is -0.494 e. The Balaban J connectivity index is 2.67. The number of carbonyl (C=O) groups is 1. The Morgan fingerprint density at radius 1 is 1.24 bits per heavy atom. The standard InChI is InChI=1S/C17H27NO3/c1-5-14(3)18(11-12-20-4)13-17(19)15-7-9-16(10-8-15)21-6-2/h7-10,14H,5-6,11-13H2,1-4H3. The van der Waals surface area contributed by atoms with E-state index < -0.39 is 0 Å². The summed E-state index contributed by atoms with van der Waals surface area (Å²) in [6.07, 6.45) is 1.01. The van der Waals surface area contributed by atoms with Crippen LogP contribution in [0.1, 0.15) is 37.6 Å². The zero-order chi connectivity index (χ0) is 15.7. The smallest absolute Gasteiger partial charge is 0.176 e. The second kappa shape index (κ2) is 9.53. The summed E-state index contributed by atoms with van der Waals surface area (Å²) >= 11 is 0. The molecule has 0 spiro atoms. The second-order valence-electron chi connectivity index (χ2n) is 5.10. The molecule has 0 aliphatic rings. The van der Waals surface area contributed by atoms with E-state index in [1.54, 1.807) is 7.11 Å². The first-order chi connectivity index (χ1) is 10.1. The van der Waals surface area contributed by atoms with Crippen LogP contribution in [0.5, 0.6) is 5.75 Å². The Morgan fingerprint density at radius 2 is 1.90 bits per heavy atom. The van der Waals surface area contributed by atoms with Crippen molar-refractivity contribution in [3.05, 3.63) is 29.8 Å². The summed E-state index contributed by atoms with van der Waals surface area (Å²) in [5, 5.41) is 0. The number of hydrogen-bond acceptors (Lipinski definition) is 4. The summed E-state index contributed by atoms with van der Waals surface area (Å²) in [6.45, 7) is 8.68. The number of methoxy groups -OCH3 is 1. The Bertz CT molecular complexity index is 417. The number of benzene rings is 1. The molecule has 0 aliphatic carbocycles. The second-order valence-corrected chi connectivity index (χ2v) is 5.10. The van der Waals surface area contributed by atoms with E-state index in [2.05, 4.69) is 18.7 Å². The van der Waals surface area contributed by atoms with Gasteiger partial charge in [0.25, 0.3) is 0 Å². The third-order valence-electron chi connectivity index (χ3n) is 3.63. The van der Waals surface area contributed by atoms with E-state index in [1.807, 2.05) is 31.2 Å². The number of Topliss-reactive ketones (excluding diaryl/α,β-unsaturated/α-hetero) is 1. The molecular formula is C17H27NO3. The van der Waals surface area contributed by atoms with Crippen LogP contribution in [0.3, 0.4) is 0 Å². The van der Waals surface area contributed by atoms with Crippen molar-refractivity contribution in [3.63, 3.8) is 0 Å². The van der Waals surface area contributed by atoms with Crippen molar-refractivity contribution in [2.45, 2.75) is 33.2 Å². The minimum absolute atomic E-state index is 0.134. The van der Waals surface area contributed by atoms with Crippen molar-refractivity contribution in [3.8, 4) is 5.75 Å². The molecule has 1 rings (SSSR count). The molecule has 0 fully saturated rings. The van der Waals surface area contributed by atoms with Crippen molar-refractivity contribution in [2.75, 3.05) is 33.4 Å². The first kappa shape index (κ1) is 17.7. The molecule has 0 radical (unpaired) electrons. The van der Waals surface area contributed by atoms with Gasteiger partial charge in [-0.1, -0.05) is 6.92 Å². The lowest BCUT2D eigenvalue weighted by molar-refractivity contribution is 0.0834. The first-order valence-electron chi connectivity index (χ1n) is 7.61. The number of hydrogen-bond donors (Lipinski definition) is 0. The topological polar surface area (TPSA) is 38.8 Å². The maximum absolute atomic E-state index is 12.4. The fraction of sp³-hybridized carbons (Fsp3) is 0.588. The van der Waals surface area contributed by atoms with Crippen LogP contribution in [0.25, 0.3) is 0 Å². The van der Waals surface area contributed by atoms with Gasteiger partial charge in [0.05, 0.1) is 19.8 Å². The van der Waals surface area contributed by atoms with Crippen LogP contribution in [-0.4, -0.2) is 50.1 Å². The van der Waals surface area contributed by atoms with Crippen LogP contribution in [0.4, 0.5) is 0 Å².